The molecule has 2 aromatic rings. The van der Waals surface area contributed by atoms with E-state index in [1.807, 2.05) is 35.2 Å². The molecule has 9 heteroatoms. The number of nitrogens with one attached hydrogen (secondary N) is 1. The molecule has 8 nitrogen and oxygen atoms in total. The number of fused-ring (bicyclic) bond motifs is 1. The minimum absolute atomic E-state index is 0.0284. The van der Waals surface area contributed by atoms with E-state index in [1.165, 1.54) is 22.1 Å². The van der Waals surface area contributed by atoms with Gasteiger partial charge in [-0.15, -0.1) is 11.8 Å². The number of amides is 1. The van der Waals surface area contributed by atoms with Gasteiger partial charge in [0.05, 0.1) is 11.8 Å². The summed E-state index contributed by atoms with van der Waals surface area (Å²) in [5.74, 6) is -1.37. The summed E-state index contributed by atoms with van der Waals surface area (Å²) < 4.78 is 2.02. The molecule has 0 spiro atoms. The third-order valence-corrected chi connectivity index (χ3v) is 5.23. The van der Waals surface area contributed by atoms with Crippen LogP contribution in [0.1, 0.15) is 12.1 Å². The Morgan fingerprint density at radius 3 is 2.84 bits per heavy atom. The number of pyridine rings is 1. The number of carbonyl (C=O) groups is 2. The van der Waals surface area contributed by atoms with Gasteiger partial charge in [-0.2, -0.15) is 15.4 Å². The molecular weight excluding hydrogens is 342 g/mol. The van der Waals surface area contributed by atoms with Crippen LogP contribution in [0.25, 0.3) is 5.57 Å². The lowest BCUT2D eigenvalue weighted by Gasteiger charge is -2.38. The van der Waals surface area contributed by atoms with Crippen LogP contribution in [0.4, 0.5) is 0 Å². The summed E-state index contributed by atoms with van der Waals surface area (Å²) >= 11 is 1.33. The van der Waals surface area contributed by atoms with Crippen molar-refractivity contribution in [1.82, 2.24) is 20.3 Å². The number of nitrogens with zero attached hydrogens (tertiary/aromatic N) is 4. The highest BCUT2D eigenvalue weighted by Crippen LogP contribution is 2.47. The Hall–Kier alpha value is -2.94. The van der Waals surface area contributed by atoms with Crippen LogP contribution in [0.5, 0.6) is 0 Å². The highest BCUT2D eigenvalue weighted by atomic mass is 32.2. The molecule has 0 bridgehead atoms. The molecule has 1 saturated heterocycles. The number of aromatic nitrogens is 4. The van der Waals surface area contributed by atoms with Gasteiger partial charge in [-0.25, -0.2) is 9.36 Å². The molecule has 4 heterocycles. The average Bonchev–Trinajstić information content (AvgIpc) is 3.27. The van der Waals surface area contributed by atoms with Gasteiger partial charge in [0.1, 0.15) is 16.8 Å². The molecule has 1 amide bonds. The van der Waals surface area contributed by atoms with Crippen molar-refractivity contribution >= 4 is 29.2 Å². The lowest BCUT2D eigenvalue weighted by Crippen LogP contribution is -2.52. The minimum Gasteiger partial charge on any atom is -0.477 e. The maximum Gasteiger partial charge on any atom is 0.353 e. The normalized spacial score (nSPS) is 20.8. The number of carbonyl (C=O) groups excluding carboxylic acids is 1. The third-order valence-electron chi connectivity index (χ3n) is 4.16. The van der Waals surface area contributed by atoms with Crippen LogP contribution in [0.15, 0.2) is 53.5 Å². The number of aliphatic carboxylic acids is 1. The second kappa shape index (κ2) is 6.17. The number of aryl methyl sites for hydroxylation is 1. The number of carboxylic acids is 1. The van der Waals surface area contributed by atoms with E-state index in [-0.39, 0.29) is 17.0 Å². The van der Waals surface area contributed by atoms with Gasteiger partial charge in [-0.05, 0) is 5.57 Å². The second-order valence-electron chi connectivity index (χ2n) is 5.58. The molecule has 2 N–H and O–H groups in total. The Morgan fingerprint density at radius 1 is 1.36 bits per heavy atom. The van der Waals surface area contributed by atoms with Crippen molar-refractivity contribution in [2.75, 3.05) is 0 Å². The maximum atomic E-state index is 12.6. The van der Waals surface area contributed by atoms with Gasteiger partial charge < -0.3 is 5.11 Å². The summed E-state index contributed by atoms with van der Waals surface area (Å²) in [6, 6.07) is 5.82. The first-order chi connectivity index (χ1) is 12.2. The van der Waals surface area contributed by atoms with Crippen molar-refractivity contribution < 1.29 is 19.3 Å². The molecule has 0 unspecified atom stereocenters. The number of thioether (sulfide) groups is 1. The summed E-state index contributed by atoms with van der Waals surface area (Å²) in [7, 11) is 0. The van der Waals surface area contributed by atoms with Crippen molar-refractivity contribution in [3.63, 3.8) is 0 Å². The zero-order valence-electron chi connectivity index (χ0n) is 13.0. The Labute approximate surface area is 146 Å². The molecule has 0 saturated carbocycles. The van der Waals surface area contributed by atoms with E-state index < -0.39 is 5.97 Å². The second-order valence-corrected chi connectivity index (χ2v) is 6.54. The van der Waals surface area contributed by atoms with Crippen LogP contribution in [-0.4, -0.2) is 42.7 Å². The number of hydrogen-bond donors (Lipinski definition) is 2. The Balaban J connectivity index is 1.65. The molecule has 0 aliphatic carbocycles. The Morgan fingerprint density at radius 2 is 2.16 bits per heavy atom. The molecule has 126 valence electrons. The monoisotopic (exact) mass is 356 g/mol. The van der Waals surface area contributed by atoms with E-state index in [2.05, 4.69) is 15.4 Å². The van der Waals surface area contributed by atoms with E-state index in [9.17, 15) is 14.7 Å². The first-order valence-electron chi connectivity index (χ1n) is 7.62. The molecule has 2 aliphatic heterocycles. The van der Waals surface area contributed by atoms with Crippen molar-refractivity contribution in [2.24, 2.45) is 0 Å². The van der Waals surface area contributed by atoms with Crippen molar-refractivity contribution in [2.45, 2.75) is 18.3 Å². The zero-order valence-corrected chi connectivity index (χ0v) is 13.8. The lowest BCUT2D eigenvalue weighted by atomic mass is 9.94. The minimum atomic E-state index is -1.09. The Kier molecular flexibility index (Phi) is 3.85. The Bertz CT molecular complexity index is 892. The molecule has 0 aromatic carbocycles. The van der Waals surface area contributed by atoms with E-state index in [1.54, 1.807) is 6.20 Å². The highest BCUT2D eigenvalue weighted by Gasteiger charge is 2.51. The molecule has 2 aliphatic rings. The summed E-state index contributed by atoms with van der Waals surface area (Å²) in [5, 5.41) is 20.9. The van der Waals surface area contributed by atoms with Crippen LogP contribution in [0.3, 0.4) is 0 Å². The zero-order chi connectivity index (χ0) is 17.4. The first-order valence-corrected chi connectivity index (χ1v) is 8.57. The molecule has 4 rings (SSSR count). The fourth-order valence-electron chi connectivity index (χ4n) is 2.96. The largest absolute Gasteiger partial charge is 0.477 e. The molecular formula is C16H14N5O3S+. The number of aromatic amines is 1. The van der Waals surface area contributed by atoms with Crippen molar-refractivity contribution in [3.05, 3.63) is 59.2 Å². The predicted molar refractivity (Wildman–Crippen MR) is 88.5 cm³/mol. The van der Waals surface area contributed by atoms with Gasteiger partial charge in [0.2, 0.25) is 0 Å². The summed E-state index contributed by atoms with van der Waals surface area (Å²) in [6.07, 6.45) is 6.08. The molecule has 25 heavy (non-hydrogen) atoms. The van der Waals surface area contributed by atoms with Crippen molar-refractivity contribution in [1.29, 1.82) is 0 Å². The topological polar surface area (TPSA) is 103 Å². The van der Waals surface area contributed by atoms with E-state index in [4.69, 9.17) is 0 Å². The van der Waals surface area contributed by atoms with Gasteiger partial charge in [0.15, 0.2) is 18.9 Å². The van der Waals surface area contributed by atoms with Crippen LogP contribution in [-0.2, 0) is 16.1 Å². The number of rotatable bonds is 5. The van der Waals surface area contributed by atoms with E-state index >= 15 is 0 Å². The summed E-state index contributed by atoms with van der Waals surface area (Å²) in [4.78, 5) is 25.1. The van der Waals surface area contributed by atoms with E-state index in [0.717, 1.165) is 5.57 Å². The van der Waals surface area contributed by atoms with Crippen LogP contribution >= 0.6 is 11.8 Å². The summed E-state index contributed by atoms with van der Waals surface area (Å²) in [6.45, 7) is 0.677. The highest BCUT2D eigenvalue weighted by molar-refractivity contribution is 8.03. The van der Waals surface area contributed by atoms with Gasteiger partial charge in [-0.1, -0.05) is 6.07 Å². The van der Waals surface area contributed by atoms with Crippen LogP contribution < -0.4 is 4.57 Å². The number of H-pyrrole nitrogens is 1. The number of allylic oxidation sites excluding steroid dienone is 1. The molecule has 2 aromatic heterocycles. The SMILES string of the molecule is O=C(O)C1=CS[C@@H]2C(=C(CC[n+]3ccccc3)c3cn[nH]n3)C(=O)N12. The number of carboxylic acid groups (broad SMARTS) is 1. The number of β-lactam (4-membered cyclic amide) rings is 1. The fourth-order valence-corrected chi connectivity index (χ4v) is 4.14. The summed E-state index contributed by atoms with van der Waals surface area (Å²) in [5.41, 5.74) is 2.04. The lowest BCUT2D eigenvalue weighted by molar-refractivity contribution is -0.695. The molecule has 0 radical (unpaired) electrons. The van der Waals surface area contributed by atoms with Crippen LogP contribution in [0.2, 0.25) is 0 Å². The first kappa shape index (κ1) is 15.6. The smallest absolute Gasteiger partial charge is 0.353 e. The van der Waals surface area contributed by atoms with Gasteiger partial charge in [0, 0.05) is 24.0 Å². The van der Waals surface area contributed by atoms with E-state index in [0.29, 0.717) is 24.2 Å². The van der Waals surface area contributed by atoms with Gasteiger partial charge >= 0.3 is 5.97 Å². The third kappa shape index (κ3) is 2.62. The maximum absolute atomic E-state index is 12.6. The van der Waals surface area contributed by atoms with Gasteiger partial charge in [0.25, 0.3) is 5.91 Å². The fraction of sp³-hybridized carbons (Fsp3) is 0.188. The molecule has 1 atom stereocenters. The predicted octanol–water partition coefficient (Wildman–Crippen LogP) is 0.777. The van der Waals surface area contributed by atoms with Gasteiger partial charge in [-0.3, -0.25) is 9.69 Å². The standard InChI is InChI=1S/C16H13N5O3S/c22-14-13(15-21(14)12(9-25-15)16(23)24)10(11-8-17-19-18-11)4-7-20-5-2-1-3-6-20/h1-3,5-6,8-9,15H,4,7H2,(H-,17,18,19,22,23,24)/p+1/t15-/m1/s1. The van der Waals surface area contributed by atoms with Crippen LogP contribution in [0, 0.1) is 0 Å². The molecule has 1 fully saturated rings. The quantitative estimate of drug-likeness (QED) is 0.466. The number of hydrogen-bond acceptors (Lipinski definition) is 5. The average molecular weight is 356 g/mol. The van der Waals surface area contributed by atoms with Crippen molar-refractivity contribution in [3.8, 4) is 0 Å².